The third-order valence-corrected chi connectivity index (χ3v) is 6.57. The van der Waals surface area contributed by atoms with Crippen molar-refractivity contribution in [2.75, 3.05) is 25.4 Å². The first-order valence-corrected chi connectivity index (χ1v) is 11.0. The van der Waals surface area contributed by atoms with E-state index in [1.165, 1.54) is 16.9 Å². The van der Waals surface area contributed by atoms with E-state index in [4.69, 9.17) is 15.5 Å². The van der Waals surface area contributed by atoms with Crippen molar-refractivity contribution in [3.8, 4) is 11.3 Å². The molecule has 1 saturated heterocycles. The maximum Gasteiger partial charge on any atom is 0.310 e. The van der Waals surface area contributed by atoms with E-state index in [2.05, 4.69) is 12.1 Å². The van der Waals surface area contributed by atoms with Crippen LogP contribution in [0.1, 0.15) is 35.0 Å². The number of aromatic nitrogens is 1. The van der Waals surface area contributed by atoms with Crippen LogP contribution in [0.5, 0.6) is 0 Å². The SMILES string of the molecule is CCOC(=O)C1CCCN(C(=O)c2sc3nc(-c4ccc(C)cc4)ccc3c2N)C1. The molecule has 2 N–H and O–H groups in total. The molecule has 2 aromatic heterocycles. The standard InChI is InChI=1S/C23H25N3O3S/c1-3-29-23(28)16-5-4-12-26(13-16)22(27)20-19(24)17-10-11-18(25-21(17)30-20)15-8-6-14(2)7-9-15/h6-11,16H,3-5,12-13,24H2,1-2H3. The normalized spacial score (nSPS) is 16.6. The summed E-state index contributed by atoms with van der Waals surface area (Å²) in [6, 6.07) is 12.0. The van der Waals surface area contributed by atoms with Gasteiger partial charge >= 0.3 is 5.97 Å². The smallest absolute Gasteiger partial charge is 0.310 e. The molecule has 1 fully saturated rings. The number of hydrogen-bond acceptors (Lipinski definition) is 6. The number of nitrogens with two attached hydrogens (primary N) is 1. The number of carbonyl (C=O) groups excluding carboxylic acids is 2. The predicted octanol–water partition coefficient (Wildman–Crippen LogP) is 4.27. The lowest BCUT2D eigenvalue weighted by atomic mass is 9.98. The van der Waals surface area contributed by atoms with E-state index in [-0.39, 0.29) is 17.8 Å². The average Bonchev–Trinajstić information content (AvgIpc) is 3.10. The summed E-state index contributed by atoms with van der Waals surface area (Å²) in [6.07, 6.45) is 1.52. The van der Waals surface area contributed by atoms with E-state index >= 15 is 0 Å². The first-order valence-electron chi connectivity index (χ1n) is 10.2. The van der Waals surface area contributed by atoms with Gasteiger partial charge in [-0.15, -0.1) is 11.3 Å². The molecule has 3 heterocycles. The predicted molar refractivity (Wildman–Crippen MR) is 119 cm³/mol. The van der Waals surface area contributed by atoms with Gasteiger partial charge < -0.3 is 15.4 Å². The first kappa shape index (κ1) is 20.3. The third kappa shape index (κ3) is 3.89. The van der Waals surface area contributed by atoms with Crippen molar-refractivity contribution >= 4 is 39.1 Å². The van der Waals surface area contributed by atoms with Gasteiger partial charge in [-0.05, 0) is 38.8 Å². The topological polar surface area (TPSA) is 85.5 Å². The molecule has 4 rings (SSSR count). The van der Waals surface area contributed by atoms with Crippen LogP contribution in [-0.2, 0) is 9.53 Å². The minimum Gasteiger partial charge on any atom is -0.466 e. The number of thiophene rings is 1. The molecule has 3 aromatic rings. The Kier molecular flexibility index (Phi) is 5.72. The molecule has 0 radical (unpaired) electrons. The van der Waals surface area contributed by atoms with Crippen molar-refractivity contribution in [2.45, 2.75) is 26.7 Å². The summed E-state index contributed by atoms with van der Waals surface area (Å²) in [7, 11) is 0. The first-order chi connectivity index (χ1) is 14.5. The fraction of sp³-hybridized carbons (Fsp3) is 0.348. The van der Waals surface area contributed by atoms with Crippen LogP contribution < -0.4 is 5.73 Å². The molecule has 30 heavy (non-hydrogen) atoms. The summed E-state index contributed by atoms with van der Waals surface area (Å²) in [5.74, 6) is -0.644. The van der Waals surface area contributed by atoms with E-state index in [0.29, 0.717) is 30.3 Å². The lowest BCUT2D eigenvalue weighted by molar-refractivity contribution is -0.149. The van der Waals surface area contributed by atoms with E-state index in [1.54, 1.807) is 11.8 Å². The number of aryl methyl sites for hydroxylation is 1. The molecule has 0 saturated carbocycles. The van der Waals surface area contributed by atoms with E-state index in [1.807, 2.05) is 31.2 Å². The van der Waals surface area contributed by atoms with Crippen LogP contribution in [0.3, 0.4) is 0 Å². The summed E-state index contributed by atoms with van der Waals surface area (Å²) in [4.78, 5) is 33.0. The van der Waals surface area contributed by atoms with Crippen molar-refractivity contribution in [3.63, 3.8) is 0 Å². The number of benzene rings is 1. The molecule has 0 spiro atoms. The second-order valence-corrected chi connectivity index (χ2v) is 8.60. The third-order valence-electron chi connectivity index (χ3n) is 5.46. The number of nitrogen functional groups attached to an aromatic ring is 1. The summed E-state index contributed by atoms with van der Waals surface area (Å²) < 4.78 is 5.14. The van der Waals surface area contributed by atoms with Gasteiger partial charge in [0.15, 0.2) is 0 Å². The van der Waals surface area contributed by atoms with Crippen molar-refractivity contribution in [1.29, 1.82) is 0 Å². The molecular formula is C23H25N3O3S. The van der Waals surface area contributed by atoms with Crippen LogP contribution in [-0.4, -0.2) is 41.5 Å². The number of nitrogens with zero attached hydrogens (tertiary/aromatic N) is 2. The number of fused-ring (bicyclic) bond motifs is 1. The molecule has 1 unspecified atom stereocenters. The number of pyridine rings is 1. The van der Waals surface area contributed by atoms with Crippen LogP contribution >= 0.6 is 11.3 Å². The highest BCUT2D eigenvalue weighted by Gasteiger charge is 2.31. The van der Waals surface area contributed by atoms with E-state index in [0.717, 1.165) is 34.3 Å². The maximum atomic E-state index is 13.2. The number of anilines is 1. The molecule has 1 aliphatic heterocycles. The molecule has 1 aliphatic rings. The van der Waals surface area contributed by atoms with Crippen LogP contribution in [0.4, 0.5) is 5.69 Å². The molecule has 0 bridgehead atoms. The van der Waals surface area contributed by atoms with Gasteiger partial charge in [0.05, 0.1) is 23.9 Å². The Morgan fingerprint density at radius 2 is 2.00 bits per heavy atom. The highest BCUT2D eigenvalue weighted by molar-refractivity contribution is 7.21. The quantitative estimate of drug-likeness (QED) is 0.634. The molecule has 1 amide bonds. The Bertz CT molecular complexity index is 1090. The van der Waals surface area contributed by atoms with Gasteiger partial charge in [0, 0.05) is 24.0 Å². The Labute approximate surface area is 179 Å². The van der Waals surface area contributed by atoms with Crippen LogP contribution in [0, 0.1) is 12.8 Å². The minimum absolute atomic E-state index is 0.138. The lowest BCUT2D eigenvalue weighted by Crippen LogP contribution is -2.42. The number of ether oxygens (including phenoxy) is 1. The molecule has 6 nitrogen and oxygen atoms in total. The minimum atomic E-state index is -0.274. The molecule has 1 aromatic carbocycles. The monoisotopic (exact) mass is 423 g/mol. The summed E-state index contributed by atoms with van der Waals surface area (Å²) in [5, 5.41) is 0.790. The van der Waals surface area contributed by atoms with Crippen molar-refractivity contribution < 1.29 is 14.3 Å². The Balaban J connectivity index is 1.60. The van der Waals surface area contributed by atoms with Gasteiger partial charge in [0.25, 0.3) is 5.91 Å². The summed E-state index contributed by atoms with van der Waals surface area (Å²) in [5.41, 5.74) is 9.85. The maximum absolute atomic E-state index is 13.2. The zero-order valence-corrected chi connectivity index (χ0v) is 18.0. The second kappa shape index (κ2) is 8.44. The van der Waals surface area contributed by atoms with E-state index < -0.39 is 0 Å². The zero-order valence-electron chi connectivity index (χ0n) is 17.2. The molecule has 1 atom stereocenters. The number of rotatable bonds is 4. The molecular weight excluding hydrogens is 398 g/mol. The summed E-state index contributed by atoms with van der Waals surface area (Å²) >= 11 is 1.31. The van der Waals surface area contributed by atoms with Gasteiger partial charge in [0.1, 0.15) is 9.71 Å². The molecule has 156 valence electrons. The second-order valence-electron chi connectivity index (χ2n) is 7.60. The van der Waals surface area contributed by atoms with Gasteiger partial charge in [-0.2, -0.15) is 0 Å². The number of hydrogen-bond donors (Lipinski definition) is 1. The fourth-order valence-corrected chi connectivity index (χ4v) is 4.86. The van der Waals surface area contributed by atoms with Crippen molar-refractivity contribution in [2.24, 2.45) is 5.92 Å². The Hall–Kier alpha value is -2.93. The number of carbonyl (C=O) groups is 2. The number of likely N-dealkylation sites (tertiary alicyclic amines) is 1. The van der Waals surface area contributed by atoms with Gasteiger partial charge in [-0.1, -0.05) is 29.8 Å². The number of amides is 1. The largest absolute Gasteiger partial charge is 0.466 e. The van der Waals surface area contributed by atoms with Crippen molar-refractivity contribution in [3.05, 3.63) is 46.8 Å². The van der Waals surface area contributed by atoms with Crippen LogP contribution in [0.15, 0.2) is 36.4 Å². The lowest BCUT2D eigenvalue weighted by Gasteiger charge is -2.31. The summed E-state index contributed by atoms with van der Waals surface area (Å²) in [6.45, 7) is 5.17. The molecule has 7 heteroatoms. The highest BCUT2D eigenvalue weighted by atomic mass is 32.1. The van der Waals surface area contributed by atoms with Gasteiger partial charge in [0.2, 0.25) is 0 Å². The van der Waals surface area contributed by atoms with Gasteiger partial charge in [-0.25, -0.2) is 4.98 Å². The molecule has 0 aliphatic carbocycles. The zero-order chi connectivity index (χ0) is 21.3. The Morgan fingerprint density at radius 1 is 1.23 bits per heavy atom. The van der Waals surface area contributed by atoms with E-state index in [9.17, 15) is 9.59 Å². The van der Waals surface area contributed by atoms with Crippen LogP contribution in [0.25, 0.3) is 21.5 Å². The highest BCUT2D eigenvalue weighted by Crippen LogP contribution is 2.35. The van der Waals surface area contributed by atoms with Crippen LogP contribution in [0.2, 0.25) is 0 Å². The van der Waals surface area contributed by atoms with Gasteiger partial charge in [-0.3, -0.25) is 9.59 Å². The van der Waals surface area contributed by atoms with Crippen molar-refractivity contribution in [1.82, 2.24) is 9.88 Å². The average molecular weight is 424 g/mol. The Morgan fingerprint density at radius 3 is 2.73 bits per heavy atom. The number of esters is 1. The number of piperidine rings is 1. The fourth-order valence-electron chi connectivity index (χ4n) is 3.80.